The minimum atomic E-state index is -0.776. The van der Waals surface area contributed by atoms with Crippen molar-refractivity contribution in [2.24, 2.45) is 0 Å². The molecule has 4 aromatic heterocycles. The van der Waals surface area contributed by atoms with Crippen LogP contribution in [0.5, 0.6) is 0 Å². The number of anilines is 3. The Kier molecular flexibility index (Phi) is 10.3. The highest BCUT2D eigenvalue weighted by molar-refractivity contribution is 7.26. The molecule has 2 aliphatic rings. The van der Waals surface area contributed by atoms with Crippen LogP contribution in [0, 0.1) is 0 Å². The molecule has 0 fully saturated rings. The normalized spacial score (nSPS) is 13.0. The molecule has 5 heterocycles. The second-order valence-corrected chi connectivity index (χ2v) is 22.1. The Labute approximate surface area is 475 Å². The number of fused-ring (bicyclic) bond motifs is 15. The smallest absolute Gasteiger partial charge is 0.164 e. The summed E-state index contributed by atoms with van der Waals surface area (Å²) in [6.45, 7) is 0. The average Bonchev–Trinajstić information content (AvgIpc) is 2.30. The molecule has 17 rings (SSSR count). The van der Waals surface area contributed by atoms with E-state index in [2.05, 4.69) is 235 Å². The van der Waals surface area contributed by atoms with E-state index in [9.17, 15) is 0 Å². The lowest BCUT2D eigenvalue weighted by molar-refractivity contribution is 0.669. The van der Waals surface area contributed by atoms with Gasteiger partial charge in [0.2, 0.25) is 0 Å². The molecule has 0 saturated carbocycles. The van der Waals surface area contributed by atoms with Gasteiger partial charge in [0.25, 0.3) is 0 Å². The molecule has 1 spiro atoms. The van der Waals surface area contributed by atoms with Gasteiger partial charge in [0, 0.05) is 54.4 Å². The molecule has 1 aliphatic carbocycles. The maximum Gasteiger partial charge on any atom is 0.164 e. The standard InChI is InChI=1S/C74H44N6OS/c1-4-20-45(21-5-1)47-24-18-25-49(42-47)72-77-70(46-22-6-2-7-23-46)78-73(79-72)55-30-19-33-60-66(55)56-43-50(39-41-57(56)74(60)58-31-12-14-34-61(58)80(51-26-8-3-9-27-51)62-35-15-13-32-59(62)74)71-75-67(69-68(76-71)54-29-11-17-37-65(54)82-69)48-38-40-53-52-28-10-16-36-63(52)81-64(53)44-48/h1-44H. The largest absolute Gasteiger partial charge is 0.456 e. The van der Waals surface area contributed by atoms with Crippen molar-refractivity contribution in [3.63, 3.8) is 0 Å². The lowest BCUT2D eigenvalue weighted by Crippen LogP contribution is -2.36. The molecule has 15 aromatic rings. The minimum absolute atomic E-state index is 0.577. The predicted octanol–water partition coefficient (Wildman–Crippen LogP) is 19.1. The van der Waals surface area contributed by atoms with E-state index in [0.717, 1.165) is 126 Å². The Morgan fingerprint density at radius 2 is 0.915 bits per heavy atom. The third kappa shape index (κ3) is 6.98. The summed E-state index contributed by atoms with van der Waals surface area (Å²) < 4.78 is 8.68. The number of hydrogen-bond acceptors (Lipinski definition) is 8. The van der Waals surface area contributed by atoms with E-state index in [1.165, 1.54) is 11.1 Å². The highest BCUT2D eigenvalue weighted by Gasteiger charge is 2.52. The van der Waals surface area contributed by atoms with Gasteiger partial charge >= 0.3 is 0 Å². The van der Waals surface area contributed by atoms with Crippen molar-refractivity contribution in [3.05, 3.63) is 289 Å². The van der Waals surface area contributed by atoms with E-state index < -0.39 is 5.41 Å². The highest BCUT2D eigenvalue weighted by Crippen LogP contribution is 2.65. The number of para-hydroxylation sites is 4. The summed E-state index contributed by atoms with van der Waals surface area (Å²) in [5.74, 6) is 2.39. The van der Waals surface area contributed by atoms with Gasteiger partial charge in [-0.25, -0.2) is 24.9 Å². The third-order valence-electron chi connectivity index (χ3n) is 16.5. The van der Waals surface area contributed by atoms with E-state index in [1.807, 2.05) is 36.4 Å². The summed E-state index contributed by atoms with van der Waals surface area (Å²) in [6, 6.07) is 94.6. The Morgan fingerprint density at radius 1 is 0.341 bits per heavy atom. The van der Waals surface area contributed by atoms with Crippen LogP contribution >= 0.6 is 11.3 Å². The fourth-order valence-corrected chi connectivity index (χ4v) is 14.1. The Morgan fingerprint density at radius 3 is 1.71 bits per heavy atom. The molecule has 0 unspecified atom stereocenters. The number of hydrogen-bond donors (Lipinski definition) is 0. The predicted molar refractivity (Wildman–Crippen MR) is 334 cm³/mol. The zero-order valence-corrected chi connectivity index (χ0v) is 44.7. The molecule has 0 N–H and O–H groups in total. The van der Waals surface area contributed by atoms with Crippen molar-refractivity contribution < 1.29 is 4.42 Å². The van der Waals surface area contributed by atoms with Crippen LogP contribution in [0.1, 0.15) is 22.3 Å². The monoisotopic (exact) mass is 1060 g/mol. The van der Waals surface area contributed by atoms with Gasteiger partial charge in [0.05, 0.1) is 32.7 Å². The molecule has 8 heteroatoms. The molecular formula is C74H44N6OS. The van der Waals surface area contributed by atoms with Crippen LogP contribution in [-0.4, -0.2) is 24.9 Å². The number of thiophene rings is 1. The zero-order chi connectivity index (χ0) is 53.9. The fraction of sp³-hybridized carbons (Fsp3) is 0.0135. The van der Waals surface area contributed by atoms with Gasteiger partial charge in [0.1, 0.15) is 11.2 Å². The highest BCUT2D eigenvalue weighted by atomic mass is 32.1. The number of furan rings is 1. The quantitative estimate of drug-likeness (QED) is 0.157. The Bertz CT molecular complexity index is 5030. The lowest BCUT2D eigenvalue weighted by atomic mass is 9.64. The van der Waals surface area contributed by atoms with E-state index >= 15 is 0 Å². The number of nitrogens with zero attached hydrogens (tertiary/aromatic N) is 6. The lowest BCUT2D eigenvalue weighted by Gasteiger charge is -2.45. The minimum Gasteiger partial charge on any atom is -0.456 e. The maximum absolute atomic E-state index is 6.50. The van der Waals surface area contributed by atoms with E-state index in [4.69, 9.17) is 29.3 Å². The first kappa shape index (κ1) is 46.3. The number of benzene rings is 11. The molecule has 0 saturated heterocycles. The van der Waals surface area contributed by atoms with Crippen molar-refractivity contribution in [2.45, 2.75) is 5.41 Å². The molecule has 0 atom stereocenters. The first-order chi connectivity index (χ1) is 40.6. The third-order valence-corrected chi connectivity index (χ3v) is 17.7. The zero-order valence-electron chi connectivity index (χ0n) is 43.9. The number of rotatable bonds is 7. The molecule has 0 radical (unpaired) electrons. The van der Waals surface area contributed by atoms with Crippen molar-refractivity contribution >= 4 is 70.6 Å². The van der Waals surface area contributed by atoms with Crippen LogP contribution < -0.4 is 4.90 Å². The van der Waals surface area contributed by atoms with Crippen LogP contribution in [0.25, 0.3) is 121 Å². The molecular weight excluding hydrogens is 1020 g/mol. The summed E-state index contributed by atoms with van der Waals surface area (Å²) in [5.41, 5.74) is 19.5. The average molecular weight is 1070 g/mol. The second-order valence-electron chi connectivity index (χ2n) is 21.0. The first-order valence-electron chi connectivity index (χ1n) is 27.6. The second kappa shape index (κ2) is 18.2. The Balaban J connectivity index is 0.938. The van der Waals surface area contributed by atoms with E-state index in [-0.39, 0.29) is 0 Å². The molecule has 11 aromatic carbocycles. The van der Waals surface area contributed by atoms with Crippen LogP contribution in [-0.2, 0) is 5.41 Å². The summed E-state index contributed by atoms with van der Waals surface area (Å²) in [7, 11) is 0. The summed E-state index contributed by atoms with van der Waals surface area (Å²) in [6.07, 6.45) is 0. The van der Waals surface area contributed by atoms with Crippen LogP contribution in [0.2, 0.25) is 0 Å². The van der Waals surface area contributed by atoms with Crippen LogP contribution in [0.15, 0.2) is 271 Å². The van der Waals surface area contributed by atoms with Crippen molar-refractivity contribution in [3.8, 4) is 79.1 Å². The van der Waals surface area contributed by atoms with Gasteiger partial charge in [0.15, 0.2) is 23.3 Å². The first-order valence-corrected chi connectivity index (χ1v) is 28.4. The van der Waals surface area contributed by atoms with Crippen LogP contribution in [0.3, 0.4) is 0 Å². The summed E-state index contributed by atoms with van der Waals surface area (Å²) in [5, 5.41) is 3.26. The van der Waals surface area contributed by atoms with Crippen LogP contribution in [0.4, 0.5) is 17.1 Å². The van der Waals surface area contributed by atoms with Crippen molar-refractivity contribution in [1.29, 1.82) is 0 Å². The van der Waals surface area contributed by atoms with E-state index in [0.29, 0.717) is 23.3 Å². The van der Waals surface area contributed by atoms with Gasteiger partial charge in [-0.3, -0.25) is 0 Å². The van der Waals surface area contributed by atoms with E-state index in [1.54, 1.807) is 11.3 Å². The van der Waals surface area contributed by atoms with Crippen molar-refractivity contribution in [2.75, 3.05) is 4.90 Å². The van der Waals surface area contributed by atoms with Gasteiger partial charge in [-0.05, 0) is 105 Å². The molecule has 82 heavy (non-hydrogen) atoms. The number of aromatic nitrogens is 5. The fourth-order valence-electron chi connectivity index (χ4n) is 13.0. The molecule has 0 amide bonds. The molecule has 382 valence electrons. The molecule has 0 bridgehead atoms. The van der Waals surface area contributed by atoms with Crippen molar-refractivity contribution in [1.82, 2.24) is 24.9 Å². The SMILES string of the molecule is c1ccc(-c2cccc(-c3nc(-c4ccccc4)nc(-c4cccc5c4-c4cc(-c6nc(-c7ccc8c(c7)oc7ccccc78)c7sc8ccccc8c7n6)ccc4C54c5ccccc5N(c5ccccc5)c5ccccc54)n3)c2)cc1. The summed E-state index contributed by atoms with van der Waals surface area (Å²) >= 11 is 1.73. The van der Waals surface area contributed by atoms with Gasteiger partial charge < -0.3 is 9.32 Å². The Hall–Kier alpha value is -10.7. The topological polar surface area (TPSA) is 80.8 Å². The molecule has 1 aliphatic heterocycles. The van der Waals surface area contributed by atoms with Gasteiger partial charge in [-0.2, -0.15) is 0 Å². The van der Waals surface area contributed by atoms with Gasteiger partial charge in [-0.15, -0.1) is 11.3 Å². The maximum atomic E-state index is 6.50. The van der Waals surface area contributed by atoms with Gasteiger partial charge in [-0.1, -0.05) is 206 Å². The summed E-state index contributed by atoms with van der Waals surface area (Å²) in [4.78, 5) is 29.8. The molecule has 7 nitrogen and oxygen atoms in total.